The molecule has 1 rings (SSSR count). The van der Waals surface area contributed by atoms with E-state index >= 15 is 0 Å². The molecule has 0 aromatic rings. The number of aliphatic carboxylic acids is 1. The maximum atomic E-state index is 10.4. The molecule has 1 heterocycles. The summed E-state index contributed by atoms with van der Waals surface area (Å²) in [6, 6.07) is 0. The highest BCUT2D eigenvalue weighted by Crippen LogP contribution is 2.37. The molecule has 1 N–H and O–H groups in total. The number of carboxylic acids is 1. The molecule has 0 spiro atoms. The first kappa shape index (κ1) is 15.5. The molecule has 1 saturated heterocycles. The Kier molecular flexibility index (Phi) is 6.69. The first-order chi connectivity index (χ1) is 8.62. The average molecular weight is 255 g/mol. The predicted molar refractivity (Wildman–Crippen MR) is 74.8 cm³/mol. The van der Waals surface area contributed by atoms with E-state index in [4.69, 9.17) is 5.11 Å². The van der Waals surface area contributed by atoms with E-state index in [-0.39, 0.29) is 0 Å². The van der Waals surface area contributed by atoms with Crippen LogP contribution in [0.3, 0.4) is 0 Å². The highest BCUT2D eigenvalue weighted by atomic mass is 16.4. The van der Waals surface area contributed by atoms with Gasteiger partial charge in [0, 0.05) is 6.42 Å². The summed E-state index contributed by atoms with van der Waals surface area (Å²) in [5.74, 6) is -0.663. The van der Waals surface area contributed by atoms with E-state index in [9.17, 15) is 4.79 Å². The Morgan fingerprint density at radius 2 is 1.72 bits per heavy atom. The van der Waals surface area contributed by atoms with Crippen LogP contribution >= 0.6 is 0 Å². The SMILES string of the molecule is CCC1(CC)CCN(CCCCCC(=O)O)CC1. The highest BCUT2D eigenvalue weighted by Gasteiger charge is 2.30. The fourth-order valence-electron chi connectivity index (χ4n) is 3.00. The third kappa shape index (κ3) is 4.97. The lowest BCUT2D eigenvalue weighted by molar-refractivity contribution is -0.137. The zero-order chi connectivity index (χ0) is 13.4. The van der Waals surface area contributed by atoms with Crippen LogP contribution in [0.5, 0.6) is 0 Å². The molecule has 3 heteroatoms. The van der Waals surface area contributed by atoms with Crippen LogP contribution in [0.1, 0.15) is 65.2 Å². The normalized spacial score (nSPS) is 19.9. The van der Waals surface area contributed by atoms with E-state index in [1.54, 1.807) is 0 Å². The molecule has 0 radical (unpaired) electrons. The quantitative estimate of drug-likeness (QED) is 0.674. The minimum Gasteiger partial charge on any atom is -0.481 e. The Labute approximate surface area is 112 Å². The number of nitrogens with zero attached hydrogens (tertiary/aromatic N) is 1. The average Bonchev–Trinajstić information content (AvgIpc) is 2.39. The van der Waals surface area contributed by atoms with Crippen LogP contribution in [-0.4, -0.2) is 35.6 Å². The van der Waals surface area contributed by atoms with Crippen molar-refractivity contribution in [2.24, 2.45) is 5.41 Å². The molecule has 1 aliphatic rings. The molecule has 18 heavy (non-hydrogen) atoms. The molecular weight excluding hydrogens is 226 g/mol. The Balaban J connectivity index is 2.10. The predicted octanol–water partition coefficient (Wildman–Crippen LogP) is 3.53. The smallest absolute Gasteiger partial charge is 0.303 e. The van der Waals surface area contributed by atoms with Crippen molar-refractivity contribution in [2.45, 2.75) is 65.2 Å². The lowest BCUT2D eigenvalue weighted by Crippen LogP contribution is -2.39. The maximum absolute atomic E-state index is 10.4. The second-order valence-electron chi connectivity index (χ2n) is 5.75. The van der Waals surface area contributed by atoms with E-state index in [0.29, 0.717) is 11.8 Å². The van der Waals surface area contributed by atoms with Crippen molar-refractivity contribution in [3.05, 3.63) is 0 Å². The molecule has 0 aromatic carbocycles. The van der Waals surface area contributed by atoms with Gasteiger partial charge in [-0.25, -0.2) is 0 Å². The zero-order valence-electron chi connectivity index (χ0n) is 12.1. The van der Waals surface area contributed by atoms with E-state index in [1.165, 1.54) is 38.8 Å². The zero-order valence-corrected chi connectivity index (χ0v) is 12.1. The summed E-state index contributed by atoms with van der Waals surface area (Å²) in [4.78, 5) is 13.0. The van der Waals surface area contributed by atoms with Crippen molar-refractivity contribution in [1.29, 1.82) is 0 Å². The van der Waals surface area contributed by atoms with Crippen LogP contribution in [0, 0.1) is 5.41 Å². The second-order valence-corrected chi connectivity index (χ2v) is 5.75. The second kappa shape index (κ2) is 7.78. The van der Waals surface area contributed by atoms with Gasteiger partial charge in [0.15, 0.2) is 0 Å². The van der Waals surface area contributed by atoms with Gasteiger partial charge >= 0.3 is 5.97 Å². The third-order valence-corrected chi connectivity index (χ3v) is 4.78. The summed E-state index contributed by atoms with van der Waals surface area (Å²) in [6.45, 7) is 8.28. The number of hydrogen-bond acceptors (Lipinski definition) is 2. The number of likely N-dealkylation sites (tertiary alicyclic amines) is 1. The van der Waals surface area contributed by atoms with Crippen molar-refractivity contribution in [3.63, 3.8) is 0 Å². The monoisotopic (exact) mass is 255 g/mol. The lowest BCUT2D eigenvalue weighted by Gasteiger charge is -2.41. The van der Waals surface area contributed by atoms with Crippen molar-refractivity contribution in [1.82, 2.24) is 4.90 Å². The van der Waals surface area contributed by atoms with Gasteiger partial charge in [0.1, 0.15) is 0 Å². The summed E-state index contributed by atoms with van der Waals surface area (Å²) >= 11 is 0. The number of carbonyl (C=O) groups is 1. The van der Waals surface area contributed by atoms with Crippen LogP contribution < -0.4 is 0 Å². The number of unbranched alkanes of at least 4 members (excludes halogenated alkanes) is 2. The Morgan fingerprint density at radius 1 is 1.11 bits per heavy atom. The van der Waals surface area contributed by atoms with Gasteiger partial charge in [-0.15, -0.1) is 0 Å². The highest BCUT2D eigenvalue weighted by molar-refractivity contribution is 5.66. The molecule has 0 aliphatic carbocycles. The Hall–Kier alpha value is -0.570. The van der Waals surface area contributed by atoms with Crippen molar-refractivity contribution < 1.29 is 9.90 Å². The number of rotatable bonds is 8. The molecule has 0 aromatic heterocycles. The summed E-state index contributed by atoms with van der Waals surface area (Å²) in [5, 5.41) is 8.56. The van der Waals surface area contributed by atoms with Crippen LogP contribution in [-0.2, 0) is 4.79 Å². The van der Waals surface area contributed by atoms with Gasteiger partial charge in [-0.3, -0.25) is 4.79 Å². The largest absolute Gasteiger partial charge is 0.481 e. The van der Waals surface area contributed by atoms with Crippen molar-refractivity contribution in [3.8, 4) is 0 Å². The van der Waals surface area contributed by atoms with Crippen LogP contribution in [0.2, 0.25) is 0 Å². The van der Waals surface area contributed by atoms with Crippen LogP contribution in [0.15, 0.2) is 0 Å². The first-order valence-corrected chi connectivity index (χ1v) is 7.56. The molecule has 1 fully saturated rings. The minimum atomic E-state index is -0.663. The van der Waals surface area contributed by atoms with E-state index < -0.39 is 5.97 Å². The molecule has 0 atom stereocenters. The van der Waals surface area contributed by atoms with E-state index in [0.717, 1.165) is 25.8 Å². The standard InChI is InChI=1S/C15H29NO2/c1-3-15(4-2)9-12-16(13-10-15)11-7-5-6-8-14(17)18/h3-13H2,1-2H3,(H,17,18). The Morgan fingerprint density at radius 3 is 2.22 bits per heavy atom. The Bertz CT molecular complexity index is 239. The fourth-order valence-corrected chi connectivity index (χ4v) is 3.00. The number of piperidine rings is 1. The molecular formula is C15H29NO2. The maximum Gasteiger partial charge on any atom is 0.303 e. The van der Waals surface area contributed by atoms with Gasteiger partial charge in [0.2, 0.25) is 0 Å². The van der Waals surface area contributed by atoms with Gasteiger partial charge in [0.05, 0.1) is 0 Å². The number of carboxylic acid groups (broad SMARTS) is 1. The van der Waals surface area contributed by atoms with Gasteiger partial charge in [-0.1, -0.05) is 33.1 Å². The number of hydrogen-bond donors (Lipinski definition) is 1. The van der Waals surface area contributed by atoms with Crippen LogP contribution in [0.4, 0.5) is 0 Å². The third-order valence-electron chi connectivity index (χ3n) is 4.78. The van der Waals surface area contributed by atoms with Crippen molar-refractivity contribution in [2.75, 3.05) is 19.6 Å². The van der Waals surface area contributed by atoms with Gasteiger partial charge < -0.3 is 10.0 Å². The lowest BCUT2D eigenvalue weighted by atomic mass is 9.74. The topological polar surface area (TPSA) is 40.5 Å². The fraction of sp³-hybridized carbons (Fsp3) is 0.933. The summed E-state index contributed by atoms with van der Waals surface area (Å²) in [5.41, 5.74) is 0.611. The molecule has 1 aliphatic heterocycles. The first-order valence-electron chi connectivity index (χ1n) is 7.56. The van der Waals surface area contributed by atoms with E-state index in [2.05, 4.69) is 18.7 Å². The molecule has 0 bridgehead atoms. The van der Waals surface area contributed by atoms with Gasteiger partial charge in [0.25, 0.3) is 0 Å². The van der Waals surface area contributed by atoms with Gasteiger partial charge in [-0.2, -0.15) is 0 Å². The molecule has 0 unspecified atom stereocenters. The molecule has 106 valence electrons. The van der Waals surface area contributed by atoms with E-state index in [1.807, 2.05) is 0 Å². The van der Waals surface area contributed by atoms with Crippen LogP contribution in [0.25, 0.3) is 0 Å². The molecule has 0 amide bonds. The summed E-state index contributed by atoms with van der Waals surface area (Å²) in [6.07, 6.45) is 8.68. The van der Waals surface area contributed by atoms with Crippen molar-refractivity contribution >= 4 is 5.97 Å². The summed E-state index contributed by atoms with van der Waals surface area (Å²) in [7, 11) is 0. The van der Waals surface area contributed by atoms with Gasteiger partial charge in [-0.05, 0) is 50.7 Å². The molecule has 3 nitrogen and oxygen atoms in total. The minimum absolute atomic E-state index is 0.328. The molecule has 0 saturated carbocycles. The summed E-state index contributed by atoms with van der Waals surface area (Å²) < 4.78 is 0.